The summed E-state index contributed by atoms with van der Waals surface area (Å²) in [6.45, 7) is 9.98. The van der Waals surface area contributed by atoms with Gasteiger partial charge in [-0.1, -0.05) is 40.0 Å². The Morgan fingerprint density at radius 3 is 2.42 bits per heavy atom. The van der Waals surface area contributed by atoms with Crippen molar-refractivity contribution >= 4 is 11.9 Å². The lowest BCUT2D eigenvalue weighted by Gasteiger charge is -2.27. The summed E-state index contributed by atoms with van der Waals surface area (Å²) < 4.78 is 7.42. The lowest BCUT2D eigenvalue weighted by Crippen LogP contribution is -2.48. The summed E-state index contributed by atoms with van der Waals surface area (Å²) in [6.07, 6.45) is 6.13. The van der Waals surface area contributed by atoms with Gasteiger partial charge in [0.15, 0.2) is 0 Å². The zero-order valence-electron chi connectivity index (χ0n) is 20.1. The topological polar surface area (TPSA) is 93.4 Å². The van der Waals surface area contributed by atoms with Crippen molar-refractivity contribution in [1.29, 1.82) is 0 Å². The van der Waals surface area contributed by atoms with Crippen molar-refractivity contribution in [3.63, 3.8) is 0 Å². The van der Waals surface area contributed by atoms with Gasteiger partial charge in [0, 0.05) is 34.6 Å². The molecule has 0 radical (unpaired) electrons. The van der Waals surface area contributed by atoms with E-state index in [1.807, 2.05) is 39.8 Å². The Kier molecular flexibility index (Phi) is 6.61. The van der Waals surface area contributed by atoms with Gasteiger partial charge >= 0.3 is 5.97 Å². The molecule has 7 nitrogen and oxygen atoms in total. The number of amides is 1. The Bertz CT molecular complexity index is 1040. The van der Waals surface area contributed by atoms with Crippen molar-refractivity contribution in [3.8, 4) is 11.3 Å². The third-order valence-corrected chi connectivity index (χ3v) is 6.86. The van der Waals surface area contributed by atoms with E-state index >= 15 is 0 Å². The molecule has 4 rings (SSSR count). The zero-order valence-corrected chi connectivity index (χ0v) is 20.1. The van der Waals surface area contributed by atoms with Crippen LogP contribution in [0.1, 0.15) is 85.1 Å². The third-order valence-electron chi connectivity index (χ3n) is 6.86. The molecule has 0 atom stereocenters. The van der Waals surface area contributed by atoms with Crippen LogP contribution < -0.4 is 5.32 Å². The van der Waals surface area contributed by atoms with Gasteiger partial charge in [-0.25, -0.2) is 9.78 Å². The predicted octanol–water partition coefficient (Wildman–Crippen LogP) is 4.56. The summed E-state index contributed by atoms with van der Waals surface area (Å²) in [5, 5.41) is 12.8. The van der Waals surface area contributed by atoms with Crippen molar-refractivity contribution in [3.05, 3.63) is 40.8 Å². The van der Waals surface area contributed by atoms with Crippen LogP contribution in [0.2, 0.25) is 0 Å². The smallest absolute Gasteiger partial charge is 0.354 e. The number of nitrogens with one attached hydrogen (secondary N) is 1. The predicted molar refractivity (Wildman–Crippen MR) is 127 cm³/mol. The Morgan fingerprint density at radius 1 is 1.15 bits per heavy atom. The van der Waals surface area contributed by atoms with Gasteiger partial charge in [0.05, 0.1) is 24.8 Å². The highest BCUT2D eigenvalue weighted by Crippen LogP contribution is 2.33. The molecule has 1 aliphatic heterocycles. The highest BCUT2D eigenvalue weighted by molar-refractivity contribution is 5.97. The Balaban J connectivity index is 1.80. The molecule has 0 unspecified atom stereocenters. The maximum Gasteiger partial charge on any atom is 0.354 e. The van der Waals surface area contributed by atoms with E-state index < -0.39 is 5.97 Å². The van der Waals surface area contributed by atoms with Crippen LogP contribution in [-0.4, -0.2) is 45.8 Å². The quantitative estimate of drug-likeness (QED) is 0.669. The fraction of sp³-hybridized carbons (Fsp3) is 0.577. The minimum atomic E-state index is -1.05. The van der Waals surface area contributed by atoms with Gasteiger partial charge in [0.1, 0.15) is 5.69 Å². The van der Waals surface area contributed by atoms with Gasteiger partial charge in [-0.05, 0) is 43.9 Å². The van der Waals surface area contributed by atoms with E-state index in [0.29, 0.717) is 24.7 Å². The molecule has 7 heteroatoms. The minimum Gasteiger partial charge on any atom is -0.477 e. The number of pyridine rings is 1. The normalized spacial score (nSPS) is 17.6. The van der Waals surface area contributed by atoms with Crippen LogP contribution in [0, 0.1) is 12.8 Å². The second kappa shape index (κ2) is 9.29. The van der Waals surface area contributed by atoms with Crippen LogP contribution in [0.15, 0.2) is 18.2 Å². The number of carbonyl (C=O) groups is 2. The molecule has 2 aromatic rings. The van der Waals surface area contributed by atoms with Crippen molar-refractivity contribution in [1.82, 2.24) is 14.9 Å². The Hall–Kier alpha value is -2.67. The van der Waals surface area contributed by atoms with Crippen molar-refractivity contribution in [2.75, 3.05) is 13.2 Å². The highest BCUT2D eigenvalue weighted by atomic mass is 16.5. The monoisotopic (exact) mass is 453 g/mol. The highest BCUT2D eigenvalue weighted by Gasteiger charge is 2.27. The summed E-state index contributed by atoms with van der Waals surface area (Å²) in [5.74, 6) is -0.595. The standard InChI is InChI=1S/C26H35N3O4/c1-16-20(24(30)27-19-14-33-15-19)12-22(29(16)13-17-8-6-5-7-9-17)18-10-21(25(31)32)28-23(11-18)26(2,3)4/h10-12,17,19H,5-9,13-15H2,1-4H3,(H,27,30)(H,31,32). The first-order chi connectivity index (χ1) is 15.6. The lowest BCUT2D eigenvalue weighted by atomic mass is 9.89. The molecule has 1 aliphatic carbocycles. The van der Waals surface area contributed by atoms with Crippen LogP contribution >= 0.6 is 0 Å². The van der Waals surface area contributed by atoms with E-state index in [-0.39, 0.29) is 23.1 Å². The van der Waals surface area contributed by atoms with E-state index in [1.165, 1.54) is 32.1 Å². The molecule has 0 bridgehead atoms. The number of hydrogen-bond acceptors (Lipinski definition) is 4. The van der Waals surface area contributed by atoms with Crippen LogP contribution in [0.3, 0.4) is 0 Å². The fourth-order valence-electron chi connectivity index (χ4n) is 4.73. The molecule has 1 amide bonds. The summed E-state index contributed by atoms with van der Waals surface area (Å²) in [6, 6.07) is 5.57. The maximum atomic E-state index is 13.1. The first-order valence-corrected chi connectivity index (χ1v) is 12.0. The summed E-state index contributed by atoms with van der Waals surface area (Å²) in [5.41, 5.74) is 3.66. The Labute approximate surface area is 195 Å². The largest absolute Gasteiger partial charge is 0.477 e. The van der Waals surface area contributed by atoms with Crippen molar-refractivity contribution in [2.45, 2.75) is 77.8 Å². The second-order valence-electron chi connectivity index (χ2n) is 10.5. The molecule has 3 heterocycles. The molecular formula is C26H35N3O4. The van der Waals surface area contributed by atoms with Gasteiger partial charge in [0.2, 0.25) is 0 Å². The number of nitrogens with zero attached hydrogens (tertiary/aromatic N) is 2. The van der Waals surface area contributed by atoms with E-state index in [2.05, 4.69) is 14.9 Å². The zero-order chi connectivity index (χ0) is 23.8. The van der Waals surface area contributed by atoms with Crippen molar-refractivity contribution < 1.29 is 19.4 Å². The summed E-state index contributed by atoms with van der Waals surface area (Å²) >= 11 is 0. The van der Waals surface area contributed by atoms with E-state index in [4.69, 9.17) is 4.74 Å². The molecule has 2 fully saturated rings. The third kappa shape index (κ3) is 5.13. The van der Waals surface area contributed by atoms with Gasteiger partial charge in [-0.15, -0.1) is 0 Å². The molecule has 2 aliphatic rings. The Morgan fingerprint density at radius 2 is 1.85 bits per heavy atom. The van der Waals surface area contributed by atoms with E-state index in [1.54, 1.807) is 6.07 Å². The number of rotatable bonds is 6. The SMILES string of the molecule is Cc1c(C(=O)NC2COC2)cc(-c2cc(C(=O)O)nc(C(C)(C)C)c2)n1CC1CCCCC1. The first-order valence-electron chi connectivity index (χ1n) is 12.0. The van der Waals surface area contributed by atoms with Gasteiger partial charge in [-0.2, -0.15) is 0 Å². The van der Waals surface area contributed by atoms with Crippen LogP contribution in [-0.2, 0) is 16.7 Å². The number of aromatic carboxylic acids is 1. The summed E-state index contributed by atoms with van der Waals surface area (Å²) in [4.78, 5) is 29.3. The number of ether oxygens (including phenoxy) is 1. The number of aromatic nitrogens is 2. The molecule has 1 saturated carbocycles. The maximum absolute atomic E-state index is 13.1. The average molecular weight is 454 g/mol. The molecule has 33 heavy (non-hydrogen) atoms. The molecule has 0 aromatic carbocycles. The van der Waals surface area contributed by atoms with E-state index in [9.17, 15) is 14.7 Å². The van der Waals surface area contributed by atoms with E-state index in [0.717, 1.165) is 29.2 Å². The number of carbonyl (C=O) groups excluding carboxylic acids is 1. The fourth-order valence-corrected chi connectivity index (χ4v) is 4.73. The number of carboxylic acid groups (broad SMARTS) is 1. The van der Waals surface area contributed by atoms with Crippen LogP contribution in [0.4, 0.5) is 0 Å². The van der Waals surface area contributed by atoms with Gasteiger partial charge in [0.25, 0.3) is 5.91 Å². The molecule has 178 valence electrons. The summed E-state index contributed by atoms with van der Waals surface area (Å²) in [7, 11) is 0. The molecule has 0 spiro atoms. The van der Waals surface area contributed by atoms with Gasteiger partial charge in [-0.3, -0.25) is 4.79 Å². The first kappa shape index (κ1) is 23.5. The average Bonchev–Trinajstić information content (AvgIpc) is 3.06. The number of carboxylic acids is 1. The molecule has 2 N–H and O–H groups in total. The van der Waals surface area contributed by atoms with Crippen LogP contribution in [0.5, 0.6) is 0 Å². The van der Waals surface area contributed by atoms with Gasteiger partial charge < -0.3 is 19.7 Å². The molecule has 1 saturated heterocycles. The molecule has 2 aromatic heterocycles. The number of hydrogen-bond donors (Lipinski definition) is 2. The minimum absolute atomic E-state index is 0.0260. The van der Waals surface area contributed by atoms with Crippen LogP contribution in [0.25, 0.3) is 11.3 Å². The second-order valence-corrected chi connectivity index (χ2v) is 10.5. The van der Waals surface area contributed by atoms with Crippen molar-refractivity contribution in [2.24, 2.45) is 5.92 Å². The molecular weight excluding hydrogens is 418 g/mol. The lowest BCUT2D eigenvalue weighted by molar-refractivity contribution is -0.00347.